The van der Waals surface area contributed by atoms with E-state index in [1.54, 1.807) is 18.2 Å². The number of aromatic nitrogens is 1. The van der Waals surface area contributed by atoms with Crippen LogP contribution in [0.2, 0.25) is 0 Å². The summed E-state index contributed by atoms with van der Waals surface area (Å²) in [5.41, 5.74) is 2.39. The summed E-state index contributed by atoms with van der Waals surface area (Å²) in [6.07, 6.45) is 0. The van der Waals surface area contributed by atoms with Crippen molar-refractivity contribution in [3.8, 4) is 0 Å². The van der Waals surface area contributed by atoms with E-state index in [1.807, 2.05) is 19.9 Å². The van der Waals surface area contributed by atoms with Gasteiger partial charge in [-0.3, -0.25) is 0 Å². The minimum absolute atomic E-state index is 0.493. The van der Waals surface area contributed by atoms with E-state index in [0.29, 0.717) is 16.4 Å². The molecule has 0 amide bonds. The van der Waals surface area contributed by atoms with Crippen molar-refractivity contribution in [1.29, 1.82) is 0 Å². The van der Waals surface area contributed by atoms with E-state index in [4.69, 9.17) is 14.5 Å². The second-order valence-corrected chi connectivity index (χ2v) is 4.96. The average molecular weight is 263 g/mol. The van der Waals surface area contributed by atoms with E-state index in [2.05, 4.69) is 4.98 Å². The summed E-state index contributed by atoms with van der Waals surface area (Å²) in [5, 5.41) is 18.8. The van der Waals surface area contributed by atoms with Crippen LogP contribution in [0.3, 0.4) is 0 Å². The lowest BCUT2D eigenvalue weighted by atomic mass is 9.80. The molecule has 1 aromatic carbocycles. The third-order valence-electron chi connectivity index (χ3n) is 2.62. The van der Waals surface area contributed by atoms with Crippen LogP contribution in [0, 0.1) is 13.8 Å². The van der Waals surface area contributed by atoms with Gasteiger partial charge < -0.3 is 14.5 Å². The van der Waals surface area contributed by atoms with Crippen LogP contribution in [0.25, 0.3) is 0 Å². The van der Waals surface area contributed by atoms with Crippen molar-refractivity contribution in [1.82, 2.24) is 4.98 Å². The molecular weight excluding hydrogens is 249 g/mol. The number of hydrogen-bond acceptors (Lipinski definition) is 5. The average Bonchev–Trinajstić information content (AvgIpc) is 2.67. The topological polar surface area (TPSA) is 66.5 Å². The van der Waals surface area contributed by atoms with Gasteiger partial charge in [0.05, 0.1) is 5.69 Å². The van der Waals surface area contributed by atoms with Crippen LogP contribution in [0.1, 0.15) is 17.0 Å². The first-order valence-electron chi connectivity index (χ1n) is 5.58. The normalized spacial score (nSPS) is 10.7. The zero-order chi connectivity index (χ0) is 13.1. The van der Waals surface area contributed by atoms with Gasteiger partial charge in [0.2, 0.25) is 0 Å². The van der Waals surface area contributed by atoms with Crippen LogP contribution in [-0.4, -0.2) is 22.2 Å². The van der Waals surface area contributed by atoms with Crippen molar-refractivity contribution < 1.29 is 14.5 Å². The molecule has 0 radical (unpaired) electrons. The summed E-state index contributed by atoms with van der Waals surface area (Å²) < 4.78 is 5.47. The second-order valence-electron chi connectivity index (χ2n) is 4.03. The first kappa shape index (κ1) is 13.2. The number of oxazole rings is 1. The molecule has 1 heterocycles. The van der Waals surface area contributed by atoms with Crippen molar-refractivity contribution in [3.63, 3.8) is 0 Å². The van der Waals surface area contributed by atoms with Crippen molar-refractivity contribution >= 4 is 24.3 Å². The number of nitrogens with zero attached hydrogens (tertiary/aromatic N) is 1. The van der Waals surface area contributed by atoms with E-state index in [-0.39, 0.29) is 0 Å². The summed E-state index contributed by atoms with van der Waals surface area (Å²) in [5.74, 6) is 1.51. The molecule has 1 aromatic heterocycles. The molecule has 2 aromatic rings. The van der Waals surface area contributed by atoms with Gasteiger partial charge >= 0.3 is 7.12 Å². The first-order chi connectivity index (χ1) is 8.56. The Morgan fingerprint density at radius 2 is 2.11 bits per heavy atom. The molecule has 4 nitrogen and oxygen atoms in total. The smallest absolute Gasteiger partial charge is 0.437 e. The second kappa shape index (κ2) is 5.60. The maximum absolute atomic E-state index is 9.09. The van der Waals surface area contributed by atoms with E-state index in [1.165, 1.54) is 11.8 Å². The molecule has 0 aliphatic carbocycles. The molecule has 0 saturated carbocycles. The number of thioether (sulfide) groups is 1. The molecule has 0 aliphatic rings. The summed E-state index contributed by atoms with van der Waals surface area (Å²) in [7, 11) is -1.43. The quantitative estimate of drug-likeness (QED) is 0.642. The Morgan fingerprint density at radius 1 is 1.33 bits per heavy atom. The lowest BCUT2D eigenvalue weighted by molar-refractivity contribution is 0.425. The Labute approximate surface area is 110 Å². The molecule has 0 aliphatic heterocycles. The Balaban J connectivity index is 2.03. The molecular formula is C12H14BNO3S. The molecule has 0 bridgehead atoms. The zero-order valence-corrected chi connectivity index (χ0v) is 11.1. The fourth-order valence-corrected chi connectivity index (χ4v) is 2.35. The summed E-state index contributed by atoms with van der Waals surface area (Å²) in [6, 6.07) is 7.18. The lowest BCUT2D eigenvalue weighted by Crippen LogP contribution is -2.29. The lowest BCUT2D eigenvalue weighted by Gasteiger charge is -2.02. The maximum Gasteiger partial charge on any atom is 0.488 e. The summed E-state index contributed by atoms with van der Waals surface area (Å²) in [4.78, 5) is 4.28. The molecule has 94 valence electrons. The van der Waals surface area contributed by atoms with Crippen LogP contribution in [0.4, 0.5) is 0 Å². The third kappa shape index (κ3) is 3.16. The van der Waals surface area contributed by atoms with E-state index < -0.39 is 7.12 Å². The van der Waals surface area contributed by atoms with Gasteiger partial charge in [-0.2, -0.15) is 0 Å². The fraction of sp³-hybridized carbons (Fsp3) is 0.250. The van der Waals surface area contributed by atoms with Gasteiger partial charge in [-0.25, -0.2) is 4.98 Å². The van der Waals surface area contributed by atoms with Crippen LogP contribution in [0.15, 0.2) is 33.9 Å². The number of benzene rings is 1. The predicted octanol–water partition coefficient (Wildman–Crippen LogP) is 1.26. The molecule has 0 unspecified atom stereocenters. The maximum atomic E-state index is 9.09. The molecule has 0 atom stereocenters. The summed E-state index contributed by atoms with van der Waals surface area (Å²) >= 11 is 1.49. The van der Waals surface area contributed by atoms with Crippen molar-refractivity contribution in [2.75, 3.05) is 0 Å². The van der Waals surface area contributed by atoms with Gasteiger partial charge in [0.15, 0.2) is 0 Å². The van der Waals surface area contributed by atoms with Gasteiger partial charge in [0.1, 0.15) is 5.76 Å². The Morgan fingerprint density at radius 3 is 2.72 bits per heavy atom. The molecule has 0 spiro atoms. The van der Waals surface area contributed by atoms with Crippen molar-refractivity contribution in [2.24, 2.45) is 0 Å². The molecule has 0 fully saturated rings. The minimum atomic E-state index is -1.43. The molecule has 6 heteroatoms. The Kier molecular flexibility index (Phi) is 4.11. The van der Waals surface area contributed by atoms with Gasteiger partial charge in [-0.15, -0.1) is 0 Å². The number of aryl methyl sites for hydroxylation is 2. The number of rotatable bonds is 4. The molecule has 18 heavy (non-hydrogen) atoms. The Hall–Kier alpha value is -1.24. The van der Waals surface area contributed by atoms with Gasteiger partial charge in [0.25, 0.3) is 5.22 Å². The van der Waals surface area contributed by atoms with E-state index in [9.17, 15) is 0 Å². The largest absolute Gasteiger partial charge is 0.488 e. The highest BCUT2D eigenvalue weighted by atomic mass is 32.2. The van der Waals surface area contributed by atoms with Crippen LogP contribution >= 0.6 is 11.8 Å². The van der Waals surface area contributed by atoms with Gasteiger partial charge in [0, 0.05) is 5.75 Å². The van der Waals surface area contributed by atoms with Crippen LogP contribution in [-0.2, 0) is 5.75 Å². The Bertz CT molecular complexity index is 522. The van der Waals surface area contributed by atoms with Crippen molar-refractivity contribution in [2.45, 2.75) is 24.8 Å². The predicted molar refractivity (Wildman–Crippen MR) is 71.8 cm³/mol. The van der Waals surface area contributed by atoms with E-state index in [0.717, 1.165) is 17.0 Å². The zero-order valence-electron chi connectivity index (χ0n) is 10.3. The van der Waals surface area contributed by atoms with Crippen molar-refractivity contribution in [3.05, 3.63) is 41.3 Å². The highest BCUT2D eigenvalue weighted by Crippen LogP contribution is 2.23. The van der Waals surface area contributed by atoms with Crippen LogP contribution < -0.4 is 5.46 Å². The number of hydrogen-bond donors (Lipinski definition) is 2. The monoisotopic (exact) mass is 263 g/mol. The van der Waals surface area contributed by atoms with Crippen LogP contribution in [0.5, 0.6) is 0 Å². The molecule has 2 rings (SSSR count). The van der Waals surface area contributed by atoms with E-state index >= 15 is 0 Å². The van der Waals surface area contributed by atoms with Gasteiger partial charge in [-0.05, 0) is 24.9 Å². The SMILES string of the molecule is Cc1nc(SCc2cccc(B(O)O)c2)oc1C. The minimum Gasteiger partial charge on any atom is -0.437 e. The van der Waals surface area contributed by atoms with Gasteiger partial charge in [-0.1, -0.05) is 36.0 Å². The molecule has 2 N–H and O–H groups in total. The highest BCUT2D eigenvalue weighted by molar-refractivity contribution is 7.98. The highest BCUT2D eigenvalue weighted by Gasteiger charge is 2.11. The first-order valence-corrected chi connectivity index (χ1v) is 6.56. The third-order valence-corrected chi connectivity index (χ3v) is 3.52. The molecule has 0 saturated heterocycles. The fourth-order valence-electron chi connectivity index (χ4n) is 1.49. The summed E-state index contributed by atoms with van der Waals surface area (Å²) in [6.45, 7) is 3.79. The standard InChI is InChI=1S/C12H14BNO3S/c1-8-9(2)17-12(14-8)18-7-10-4-3-5-11(6-10)13(15)16/h3-6,15-16H,7H2,1-2H3.